The maximum atomic E-state index is 5.87. The van der Waals surface area contributed by atoms with Crippen molar-refractivity contribution in [1.82, 2.24) is 14.3 Å². The van der Waals surface area contributed by atoms with Crippen LogP contribution in [0.15, 0.2) is 24.5 Å². The van der Waals surface area contributed by atoms with E-state index in [-0.39, 0.29) is 17.8 Å². The Kier molecular flexibility index (Phi) is 4.37. The summed E-state index contributed by atoms with van der Waals surface area (Å²) in [5.41, 5.74) is 9.71. The van der Waals surface area contributed by atoms with Crippen LogP contribution in [0.25, 0.3) is 5.65 Å². The number of aryl methyl sites for hydroxylation is 1. The molecule has 0 spiro atoms. The smallest absolute Gasteiger partial charge is 0.136 e. The number of imidazole rings is 1. The van der Waals surface area contributed by atoms with Gasteiger partial charge in [0.1, 0.15) is 5.65 Å². The molecule has 2 aromatic heterocycles. The molecule has 1 unspecified atom stereocenters. The van der Waals surface area contributed by atoms with E-state index in [1.54, 1.807) is 0 Å². The molecule has 0 aromatic carbocycles. The van der Waals surface area contributed by atoms with Crippen LogP contribution in [0.5, 0.6) is 0 Å². The van der Waals surface area contributed by atoms with Gasteiger partial charge >= 0.3 is 0 Å². The number of halogens is 1. The Morgan fingerprint density at radius 2 is 2.20 bits per heavy atom. The molecule has 1 saturated heterocycles. The maximum Gasteiger partial charge on any atom is 0.136 e. The number of nitrogens with two attached hydrogens (primary N) is 1. The zero-order valence-corrected chi connectivity index (χ0v) is 13.0. The van der Waals surface area contributed by atoms with E-state index in [1.165, 1.54) is 17.7 Å². The molecule has 0 saturated carbocycles. The minimum atomic E-state index is 0. The highest BCUT2D eigenvalue weighted by Crippen LogP contribution is 2.29. The lowest BCUT2D eigenvalue weighted by Crippen LogP contribution is -2.31. The molecule has 1 atom stereocenters. The number of aromatic nitrogens is 2. The van der Waals surface area contributed by atoms with Crippen LogP contribution in [0.3, 0.4) is 0 Å². The van der Waals surface area contributed by atoms with Crippen LogP contribution in [0.4, 0.5) is 0 Å². The predicted octanol–water partition coefficient (Wildman–Crippen LogP) is 2.24. The van der Waals surface area contributed by atoms with Gasteiger partial charge in [0.05, 0.1) is 11.9 Å². The summed E-state index contributed by atoms with van der Waals surface area (Å²) in [6.07, 6.45) is 5.35. The average molecular weight is 295 g/mol. The largest absolute Gasteiger partial charge is 0.330 e. The molecular weight excluding hydrogens is 272 g/mol. The first kappa shape index (κ1) is 15.3. The Morgan fingerprint density at radius 3 is 2.90 bits per heavy atom. The van der Waals surface area contributed by atoms with E-state index >= 15 is 0 Å². The van der Waals surface area contributed by atoms with Gasteiger partial charge in [-0.25, -0.2) is 4.98 Å². The van der Waals surface area contributed by atoms with Gasteiger partial charge in [0.15, 0.2) is 0 Å². The quantitative estimate of drug-likeness (QED) is 0.944. The molecule has 0 bridgehead atoms. The van der Waals surface area contributed by atoms with Crippen molar-refractivity contribution >= 4 is 18.1 Å². The highest BCUT2D eigenvalue weighted by Gasteiger charge is 2.32. The number of likely N-dealkylation sites (tertiary alicyclic amines) is 1. The maximum absolute atomic E-state index is 5.87. The van der Waals surface area contributed by atoms with Gasteiger partial charge in [-0.05, 0) is 43.5 Å². The number of nitrogens with zero attached hydrogens (tertiary/aromatic N) is 3. The van der Waals surface area contributed by atoms with E-state index < -0.39 is 0 Å². The Hall–Kier alpha value is -1.10. The second-order valence-electron chi connectivity index (χ2n) is 6.16. The van der Waals surface area contributed by atoms with Gasteiger partial charge in [-0.1, -0.05) is 13.0 Å². The Morgan fingerprint density at radius 1 is 1.40 bits per heavy atom. The summed E-state index contributed by atoms with van der Waals surface area (Å²) in [5.74, 6) is 0. The minimum absolute atomic E-state index is 0. The molecule has 0 aliphatic carbocycles. The van der Waals surface area contributed by atoms with Gasteiger partial charge < -0.3 is 10.1 Å². The van der Waals surface area contributed by atoms with E-state index in [1.807, 2.05) is 6.20 Å². The standard InChI is InChI=1S/C15H22N4.ClH/c1-12-3-4-14-17-7-13(19(14)8-12)9-18-6-5-15(2,10-16)11-18;/h3-4,7-8H,5-6,9-11,16H2,1-2H3;1H. The molecular formula is C15H23ClN4. The van der Waals surface area contributed by atoms with Gasteiger partial charge in [-0.15, -0.1) is 12.4 Å². The van der Waals surface area contributed by atoms with Gasteiger partial charge in [-0.3, -0.25) is 4.90 Å². The van der Waals surface area contributed by atoms with Gasteiger partial charge in [0.2, 0.25) is 0 Å². The molecule has 1 fully saturated rings. The molecule has 1 aliphatic rings. The molecule has 110 valence electrons. The summed E-state index contributed by atoms with van der Waals surface area (Å²) >= 11 is 0. The number of hydrogen-bond donors (Lipinski definition) is 1. The summed E-state index contributed by atoms with van der Waals surface area (Å²) in [4.78, 5) is 6.95. The first-order chi connectivity index (χ1) is 9.09. The van der Waals surface area contributed by atoms with Crippen molar-refractivity contribution in [1.29, 1.82) is 0 Å². The number of pyridine rings is 1. The SMILES string of the molecule is Cc1ccc2ncc(CN3CCC(C)(CN)C3)n2c1.Cl. The van der Waals surface area contributed by atoms with Crippen molar-refractivity contribution in [2.24, 2.45) is 11.1 Å². The van der Waals surface area contributed by atoms with Gasteiger partial charge in [-0.2, -0.15) is 0 Å². The third-order valence-corrected chi connectivity index (χ3v) is 4.25. The first-order valence-corrected chi connectivity index (χ1v) is 6.95. The third-order valence-electron chi connectivity index (χ3n) is 4.25. The van der Waals surface area contributed by atoms with Crippen molar-refractivity contribution < 1.29 is 0 Å². The summed E-state index contributed by atoms with van der Waals surface area (Å²) in [7, 11) is 0. The van der Waals surface area contributed by atoms with E-state index in [2.05, 4.69) is 46.5 Å². The highest BCUT2D eigenvalue weighted by molar-refractivity contribution is 5.85. The van der Waals surface area contributed by atoms with E-state index in [4.69, 9.17) is 5.73 Å². The minimum Gasteiger partial charge on any atom is -0.330 e. The average Bonchev–Trinajstić information content (AvgIpc) is 2.96. The van der Waals surface area contributed by atoms with E-state index in [0.29, 0.717) is 0 Å². The lowest BCUT2D eigenvalue weighted by atomic mass is 9.90. The molecule has 1 aliphatic heterocycles. The second kappa shape index (κ2) is 5.72. The zero-order valence-electron chi connectivity index (χ0n) is 12.2. The van der Waals surface area contributed by atoms with E-state index in [9.17, 15) is 0 Å². The molecule has 2 N–H and O–H groups in total. The topological polar surface area (TPSA) is 46.6 Å². The lowest BCUT2D eigenvalue weighted by Gasteiger charge is -2.22. The molecule has 3 heterocycles. The zero-order chi connectivity index (χ0) is 13.5. The highest BCUT2D eigenvalue weighted by atomic mass is 35.5. The van der Waals surface area contributed by atoms with Gasteiger partial charge in [0.25, 0.3) is 0 Å². The molecule has 3 rings (SSSR count). The second-order valence-corrected chi connectivity index (χ2v) is 6.16. The summed E-state index contributed by atoms with van der Waals surface area (Å²) in [6.45, 7) is 8.35. The predicted molar refractivity (Wildman–Crippen MR) is 84.2 cm³/mol. The molecule has 5 heteroatoms. The van der Waals surface area contributed by atoms with Crippen molar-refractivity contribution in [2.45, 2.75) is 26.8 Å². The summed E-state index contributed by atoms with van der Waals surface area (Å²) in [6, 6.07) is 4.18. The van der Waals surface area contributed by atoms with Gasteiger partial charge in [0, 0.05) is 19.3 Å². The summed E-state index contributed by atoms with van der Waals surface area (Å²) in [5, 5.41) is 0. The molecule has 0 amide bonds. The third kappa shape index (κ3) is 2.82. The Bertz CT molecular complexity index is 595. The normalized spacial score (nSPS) is 23.1. The van der Waals surface area contributed by atoms with Crippen molar-refractivity contribution in [3.8, 4) is 0 Å². The Balaban J connectivity index is 0.00000147. The van der Waals surface area contributed by atoms with E-state index in [0.717, 1.165) is 31.8 Å². The van der Waals surface area contributed by atoms with Crippen LogP contribution in [0.2, 0.25) is 0 Å². The fourth-order valence-electron chi connectivity index (χ4n) is 2.91. The number of hydrogen-bond acceptors (Lipinski definition) is 3. The summed E-state index contributed by atoms with van der Waals surface area (Å²) < 4.78 is 2.20. The molecule has 4 nitrogen and oxygen atoms in total. The van der Waals surface area contributed by atoms with Crippen LogP contribution in [-0.4, -0.2) is 33.9 Å². The van der Waals surface area contributed by atoms with Crippen molar-refractivity contribution in [3.05, 3.63) is 35.8 Å². The lowest BCUT2D eigenvalue weighted by molar-refractivity contribution is 0.271. The molecule has 20 heavy (non-hydrogen) atoms. The van der Waals surface area contributed by atoms with Crippen LogP contribution in [0, 0.1) is 12.3 Å². The van der Waals surface area contributed by atoms with Crippen LogP contribution in [-0.2, 0) is 6.54 Å². The van der Waals surface area contributed by atoms with Crippen molar-refractivity contribution in [2.75, 3.05) is 19.6 Å². The fraction of sp³-hybridized carbons (Fsp3) is 0.533. The number of rotatable bonds is 3. The van der Waals surface area contributed by atoms with Crippen LogP contribution < -0.4 is 5.73 Å². The van der Waals surface area contributed by atoms with Crippen LogP contribution >= 0.6 is 12.4 Å². The van der Waals surface area contributed by atoms with Crippen LogP contribution in [0.1, 0.15) is 24.6 Å². The fourth-order valence-corrected chi connectivity index (χ4v) is 2.91. The number of fused-ring (bicyclic) bond motifs is 1. The van der Waals surface area contributed by atoms with Crippen molar-refractivity contribution in [3.63, 3.8) is 0 Å². The Labute approximate surface area is 126 Å². The molecule has 2 aromatic rings. The monoisotopic (exact) mass is 294 g/mol. The first-order valence-electron chi connectivity index (χ1n) is 6.95. The molecule has 0 radical (unpaired) electrons.